The molecule has 0 aromatic heterocycles. The SMILES string of the molecule is CC(CO)(CO)C(=O)O.CC1(C)CC(N=C=O)CC(C)(CN=C=O)C1.CCC(CO)(CO)CO.COCCO.N#COCc1cccc(CN=C=O)c1.[2H]CI.[2H]P(I)I. The number of carbonyl (C=O) groups is 1. The predicted octanol–water partition coefficient (Wildman–Crippen LogP) is 5.23. The highest BCUT2D eigenvalue weighted by Gasteiger charge is 2.41. The Balaban J connectivity index is -0.000000210. The molecule has 0 bridgehead atoms. The smallest absolute Gasteiger partial charge is 0.314 e. The van der Waals surface area contributed by atoms with Crippen LogP contribution in [0.3, 0.4) is 0 Å². The molecule has 17 nitrogen and oxygen atoms in total. The van der Waals surface area contributed by atoms with E-state index in [1.54, 1.807) is 25.5 Å². The monoisotopic (exact) mass is 1180 g/mol. The van der Waals surface area contributed by atoms with Crippen molar-refractivity contribution in [1.82, 2.24) is 0 Å². The summed E-state index contributed by atoms with van der Waals surface area (Å²) >= 11 is 6.08. The standard InChI is InChI=1S/C12H18N2O2.C10H8N2O2.C6H14O3.C5H10O4.C3H8O2.CH3I.HI2P/c1-11(2)4-10(14-9-16)5-12(3,6-11)7-13-8-15;11-7-14-6-10-3-1-2-9(4-10)5-12-8-13;1-2-6(3-7,4-8)5-9;1-5(2-6,3-7)4(8)9;1-5-3-2-4;1-2;1-3-2/h10H,4-7H2,1-3H3;1-4H,5-6H2;7-9H,2-5H2,1H3;6-7H,2-3H2,1H3,(H,8,9);4H,2-3H2,1H3;1H3;3H/i;;;;;1D;3D. The fourth-order valence-corrected chi connectivity index (χ4v) is 4.91. The number of aliphatic carboxylic acids is 1. The number of aliphatic imine (C=N–C) groups is 3. The summed E-state index contributed by atoms with van der Waals surface area (Å²) in [6.45, 7) is 9.52. The van der Waals surface area contributed by atoms with Crippen molar-refractivity contribution in [2.24, 2.45) is 36.6 Å². The average Bonchev–Trinajstić information content (AvgIpc) is 3.20. The lowest BCUT2D eigenvalue weighted by Gasteiger charge is -2.44. The normalized spacial score (nSPS) is 16.3. The van der Waals surface area contributed by atoms with Crippen molar-refractivity contribution in [1.29, 1.82) is 6.54 Å². The number of rotatable bonds is 16. The van der Waals surface area contributed by atoms with E-state index in [0.717, 1.165) is 30.4 Å². The zero-order valence-corrected chi connectivity index (χ0v) is 41.3. The Labute approximate surface area is 386 Å². The molecule has 58 heavy (non-hydrogen) atoms. The van der Waals surface area contributed by atoms with Gasteiger partial charge in [-0.25, -0.2) is 29.4 Å². The third-order valence-corrected chi connectivity index (χ3v) is 8.07. The Morgan fingerprint density at radius 2 is 1.52 bits per heavy atom. The van der Waals surface area contributed by atoms with Crippen LogP contribution in [-0.2, 0) is 41.8 Å². The number of carboxylic acids is 1. The molecule has 334 valence electrons. The van der Waals surface area contributed by atoms with Crippen LogP contribution < -0.4 is 0 Å². The van der Waals surface area contributed by atoms with Gasteiger partial charge in [0.1, 0.15) is 12.0 Å². The van der Waals surface area contributed by atoms with E-state index in [-0.39, 0.29) is 49.9 Å². The minimum Gasteiger partial charge on any atom is -0.481 e. The molecule has 0 aliphatic heterocycles. The fourth-order valence-electron chi connectivity index (χ4n) is 4.91. The van der Waals surface area contributed by atoms with E-state index in [9.17, 15) is 19.2 Å². The van der Waals surface area contributed by atoms with E-state index in [0.29, 0.717) is 31.0 Å². The number of benzene rings is 1. The molecule has 1 saturated carbocycles. The molecule has 0 heterocycles. The van der Waals surface area contributed by atoms with E-state index in [1.807, 2.05) is 53.8 Å². The predicted molar refractivity (Wildman–Crippen MR) is 248 cm³/mol. The van der Waals surface area contributed by atoms with Crippen molar-refractivity contribution in [3.05, 3.63) is 35.4 Å². The number of carboxylic acid groups (broad SMARTS) is 1. The summed E-state index contributed by atoms with van der Waals surface area (Å²) in [7, 11) is 1.55. The van der Waals surface area contributed by atoms with Gasteiger partial charge in [0, 0.05) is 17.7 Å². The largest absolute Gasteiger partial charge is 0.481 e. The summed E-state index contributed by atoms with van der Waals surface area (Å²) in [6.07, 6.45) is 9.54. The number of aliphatic hydroxyl groups excluding tert-OH is 6. The molecule has 0 spiro atoms. The van der Waals surface area contributed by atoms with Crippen LogP contribution in [0.2, 0.25) is 0 Å². The lowest BCUT2D eigenvalue weighted by Crippen LogP contribution is -2.39. The van der Waals surface area contributed by atoms with Crippen molar-refractivity contribution in [2.75, 3.05) is 64.8 Å². The lowest BCUT2D eigenvalue weighted by atomic mass is 9.63. The van der Waals surface area contributed by atoms with Crippen molar-refractivity contribution < 1.29 is 65.8 Å². The van der Waals surface area contributed by atoms with E-state index >= 15 is 0 Å². The van der Waals surface area contributed by atoms with Gasteiger partial charge in [0.25, 0.3) is 6.26 Å². The van der Waals surface area contributed by atoms with Gasteiger partial charge in [0.15, 0.2) is 0 Å². The number of hydrogen-bond acceptors (Lipinski definition) is 16. The molecular weight excluding hydrogens is 1120 g/mol. The molecule has 2 rings (SSSR count). The quantitative estimate of drug-likeness (QED) is 0.0279. The van der Waals surface area contributed by atoms with Gasteiger partial charge in [-0.05, 0) is 104 Å². The van der Waals surface area contributed by atoms with Crippen LogP contribution in [0, 0.1) is 33.2 Å². The third kappa shape index (κ3) is 35.2. The first-order valence-corrected chi connectivity index (χ1v) is 25.2. The van der Waals surface area contributed by atoms with Crippen molar-refractivity contribution in [2.45, 2.75) is 79.5 Å². The molecule has 1 fully saturated rings. The molecule has 1 aromatic rings. The lowest BCUT2D eigenvalue weighted by molar-refractivity contribution is -0.152. The van der Waals surface area contributed by atoms with Crippen molar-refractivity contribution >= 4 is 94.7 Å². The van der Waals surface area contributed by atoms with Crippen LogP contribution in [0.4, 0.5) is 0 Å². The Kier molecular flexibility index (Phi) is 44.2. The molecule has 1 aliphatic rings. The third-order valence-electron chi connectivity index (χ3n) is 8.07. The summed E-state index contributed by atoms with van der Waals surface area (Å²) in [6, 6.07) is 7.35. The molecule has 0 radical (unpaired) electrons. The second kappa shape index (κ2) is 42.2. The van der Waals surface area contributed by atoms with E-state index in [1.165, 1.54) is 13.0 Å². The Morgan fingerprint density at radius 3 is 1.84 bits per heavy atom. The fraction of sp³-hybridized carbons (Fsp3) is 0.703. The van der Waals surface area contributed by atoms with Crippen LogP contribution in [0.5, 0.6) is 0 Å². The second-order valence-electron chi connectivity index (χ2n) is 13.7. The Bertz CT molecular complexity index is 1400. The number of hydrogen-bond donors (Lipinski definition) is 7. The number of nitriles is 1. The summed E-state index contributed by atoms with van der Waals surface area (Å²) < 4.78 is 21.4. The molecule has 21 heteroatoms. The van der Waals surface area contributed by atoms with E-state index in [2.05, 4.69) is 89.3 Å². The van der Waals surface area contributed by atoms with E-state index < -0.39 is 33.8 Å². The minimum atomic E-state index is -1.39. The van der Waals surface area contributed by atoms with Gasteiger partial charge in [-0.1, -0.05) is 74.6 Å². The topological polar surface area (TPSA) is 289 Å². The number of methoxy groups -OCH3 is 1. The number of halogens is 3. The first-order chi connectivity index (χ1) is 28.1. The van der Waals surface area contributed by atoms with Gasteiger partial charge in [0.05, 0.1) is 66.7 Å². The van der Waals surface area contributed by atoms with Gasteiger partial charge in [0.2, 0.25) is 18.2 Å². The highest BCUT2D eigenvalue weighted by Crippen LogP contribution is 2.47. The molecule has 0 saturated heterocycles. The molecular formula is C37H62I3N4O13P. The first-order valence-electron chi connectivity index (χ1n) is 18.4. The molecule has 1 aliphatic carbocycles. The summed E-state index contributed by atoms with van der Waals surface area (Å²) in [5.74, 6) is -1.19. The van der Waals surface area contributed by atoms with Gasteiger partial charge >= 0.3 is 5.97 Å². The van der Waals surface area contributed by atoms with E-state index in [4.69, 9.17) is 43.7 Å². The Hall–Kier alpha value is -1.54. The maximum Gasteiger partial charge on any atom is 0.314 e. The van der Waals surface area contributed by atoms with Gasteiger partial charge in [-0.2, -0.15) is 5.26 Å². The summed E-state index contributed by atoms with van der Waals surface area (Å²) in [5, 5.41) is 67.2. The number of alkyl halides is 1. The zero-order valence-electron chi connectivity index (χ0n) is 35.9. The average molecular weight is 1180 g/mol. The summed E-state index contributed by atoms with van der Waals surface area (Å²) in [5.41, 5.74) is -0.224. The Morgan fingerprint density at radius 1 is 1.00 bits per heavy atom. The van der Waals surface area contributed by atoms with Crippen LogP contribution in [0.25, 0.3) is 0 Å². The summed E-state index contributed by atoms with van der Waals surface area (Å²) in [4.78, 5) is 52.0. The molecule has 2 atom stereocenters. The molecule has 0 amide bonds. The maximum atomic E-state index is 10.3. The van der Waals surface area contributed by atoms with Gasteiger partial charge in [-0.3, -0.25) is 4.79 Å². The number of isocyanates is 3. The maximum absolute atomic E-state index is 10.3. The van der Waals surface area contributed by atoms with Crippen LogP contribution in [0.15, 0.2) is 39.2 Å². The van der Waals surface area contributed by atoms with Crippen LogP contribution in [-0.4, -0.2) is 132 Å². The first kappa shape index (κ1) is 60.8. The molecule has 7 N–H and O–H groups in total. The van der Waals surface area contributed by atoms with Crippen LogP contribution >= 0.6 is 70.5 Å². The highest BCUT2D eigenvalue weighted by atomic mass is 127. The molecule has 2 unspecified atom stereocenters. The zero-order chi connectivity index (χ0) is 47.7. The minimum absolute atomic E-state index is 0.00750. The number of carbonyl (C=O) groups excluding carboxylic acids is 3. The highest BCUT2D eigenvalue weighted by molar-refractivity contribution is 14.3. The number of aliphatic hydroxyl groups is 6. The van der Waals surface area contributed by atoms with Crippen molar-refractivity contribution in [3.63, 3.8) is 0 Å². The molecule has 1 aromatic carbocycles. The second-order valence-corrected chi connectivity index (χ2v) is 22.3. The van der Waals surface area contributed by atoms with Gasteiger partial charge < -0.3 is 45.2 Å². The van der Waals surface area contributed by atoms with Crippen LogP contribution in [0.1, 0.15) is 72.8 Å². The van der Waals surface area contributed by atoms with Gasteiger partial charge in [-0.15, -0.1) is 0 Å². The number of ether oxygens (including phenoxy) is 2. The number of nitrogens with zero attached hydrogens (tertiary/aromatic N) is 4. The van der Waals surface area contributed by atoms with Crippen molar-refractivity contribution in [3.8, 4) is 6.26 Å².